The lowest BCUT2D eigenvalue weighted by Crippen LogP contribution is -2.48. The molecular weight excluding hydrogens is 380 g/mol. The van der Waals surface area contributed by atoms with E-state index in [-0.39, 0.29) is 5.91 Å². The second-order valence-corrected chi connectivity index (χ2v) is 7.60. The van der Waals surface area contributed by atoms with Gasteiger partial charge in [-0.05, 0) is 35.9 Å². The van der Waals surface area contributed by atoms with Gasteiger partial charge >= 0.3 is 0 Å². The fourth-order valence-electron chi connectivity index (χ4n) is 3.61. The van der Waals surface area contributed by atoms with Gasteiger partial charge < -0.3 is 4.90 Å². The van der Waals surface area contributed by atoms with Crippen LogP contribution in [0.1, 0.15) is 27.0 Å². The van der Waals surface area contributed by atoms with Gasteiger partial charge in [-0.3, -0.25) is 9.69 Å². The van der Waals surface area contributed by atoms with Crippen LogP contribution < -0.4 is 0 Å². The third kappa shape index (κ3) is 5.94. The van der Waals surface area contributed by atoms with Gasteiger partial charge in [-0.1, -0.05) is 78.6 Å². The van der Waals surface area contributed by atoms with Crippen molar-refractivity contribution >= 4 is 12.0 Å². The number of benzene rings is 3. The number of rotatable bonds is 4. The first-order valence-electron chi connectivity index (χ1n) is 10.7. The van der Waals surface area contributed by atoms with Crippen LogP contribution in [0.15, 0.2) is 91.0 Å². The van der Waals surface area contributed by atoms with Gasteiger partial charge in [0.2, 0.25) is 0 Å². The van der Waals surface area contributed by atoms with E-state index in [2.05, 4.69) is 41.0 Å². The Kier molecular flexibility index (Phi) is 6.95. The van der Waals surface area contributed by atoms with Crippen molar-refractivity contribution in [2.75, 3.05) is 32.7 Å². The van der Waals surface area contributed by atoms with E-state index in [1.165, 1.54) is 5.56 Å². The maximum atomic E-state index is 13.0. The molecule has 0 radical (unpaired) electrons. The van der Waals surface area contributed by atoms with Gasteiger partial charge in [0.15, 0.2) is 0 Å². The van der Waals surface area contributed by atoms with E-state index in [1.807, 2.05) is 77.7 Å². The van der Waals surface area contributed by atoms with Gasteiger partial charge in [0, 0.05) is 49.4 Å². The largest absolute Gasteiger partial charge is 0.336 e. The molecule has 0 saturated carbocycles. The topological polar surface area (TPSA) is 23.6 Å². The Balaban J connectivity index is 1.31. The summed E-state index contributed by atoms with van der Waals surface area (Å²) in [4.78, 5) is 17.3. The molecule has 1 saturated heterocycles. The first kappa shape index (κ1) is 20.7. The zero-order valence-electron chi connectivity index (χ0n) is 17.6. The van der Waals surface area contributed by atoms with E-state index >= 15 is 0 Å². The monoisotopic (exact) mass is 406 g/mol. The highest BCUT2D eigenvalue weighted by atomic mass is 16.2. The van der Waals surface area contributed by atoms with E-state index in [0.717, 1.165) is 43.9 Å². The molecule has 31 heavy (non-hydrogen) atoms. The average Bonchev–Trinajstić information content (AvgIpc) is 2.84. The van der Waals surface area contributed by atoms with Gasteiger partial charge in [0.25, 0.3) is 5.91 Å². The second kappa shape index (κ2) is 10.4. The molecule has 3 nitrogen and oxygen atoms in total. The Morgan fingerprint density at radius 2 is 1.42 bits per heavy atom. The van der Waals surface area contributed by atoms with Gasteiger partial charge in [0.1, 0.15) is 0 Å². The molecule has 0 atom stereocenters. The quantitative estimate of drug-likeness (QED) is 0.593. The molecule has 1 aliphatic heterocycles. The molecule has 1 amide bonds. The lowest BCUT2D eigenvalue weighted by atomic mass is 10.1. The average molecular weight is 407 g/mol. The molecule has 0 N–H and O–H groups in total. The van der Waals surface area contributed by atoms with Crippen LogP contribution in [0.3, 0.4) is 0 Å². The Morgan fingerprint density at radius 3 is 2.16 bits per heavy atom. The van der Waals surface area contributed by atoms with Crippen molar-refractivity contribution in [3.05, 3.63) is 113 Å². The highest BCUT2D eigenvalue weighted by Crippen LogP contribution is 2.11. The lowest BCUT2D eigenvalue weighted by Gasteiger charge is -2.34. The predicted molar refractivity (Wildman–Crippen MR) is 127 cm³/mol. The van der Waals surface area contributed by atoms with Crippen molar-refractivity contribution in [2.24, 2.45) is 0 Å². The number of hydrogen-bond acceptors (Lipinski definition) is 2. The number of carbonyl (C=O) groups is 1. The molecule has 3 heteroatoms. The summed E-state index contributed by atoms with van der Waals surface area (Å²) in [5.41, 5.74) is 3.75. The van der Waals surface area contributed by atoms with Crippen molar-refractivity contribution in [2.45, 2.75) is 0 Å². The maximum Gasteiger partial charge on any atom is 0.253 e. The van der Waals surface area contributed by atoms with Crippen molar-refractivity contribution in [3.63, 3.8) is 0 Å². The molecule has 3 aromatic rings. The van der Waals surface area contributed by atoms with Crippen LogP contribution in [0.25, 0.3) is 6.08 Å². The van der Waals surface area contributed by atoms with Gasteiger partial charge in [0.05, 0.1) is 0 Å². The minimum absolute atomic E-state index is 0.0860. The van der Waals surface area contributed by atoms with Crippen LogP contribution in [0.2, 0.25) is 0 Å². The van der Waals surface area contributed by atoms with E-state index in [1.54, 1.807) is 0 Å². The lowest BCUT2D eigenvalue weighted by molar-refractivity contribution is 0.0650. The molecule has 154 valence electrons. The predicted octanol–water partition coefficient (Wildman–Crippen LogP) is 4.56. The summed E-state index contributed by atoms with van der Waals surface area (Å²) in [6.45, 7) is 4.17. The summed E-state index contributed by atoms with van der Waals surface area (Å²) in [5, 5.41) is 0. The number of amides is 1. The Labute approximate surface area is 184 Å². The number of piperazine rings is 1. The SMILES string of the molecule is O=C(c1cccc(C#Cc2ccccc2)c1)N1CCN(CC=Cc2ccccc2)CC1. The fourth-order valence-corrected chi connectivity index (χ4v) is 3.61. The van der Waals surface area contributed by atoms with Crippen molar-refractivity contribution < 1.29 is 4.79 Å². The zero-order chi connectivity index (χ0) is 21.3. The van der Waals surface area contributed by atoms with E-state index in [4.69, 9.17) is 0 Å². The molecule has 0 unspecified atom stereocenters. The molecule has 1 aliphatic rings. The van der Waals surface area contributed by atoms with Crippen LogP contribution in [0.5, 0.6) is 0 Å². The smallest absolute Gasteiger partial charge is 0.253 e. The molecule has 1 heterocycles. The van der Waals surface area contributed by atoms with Crippen molar-refractivity contribution in [1.29, 1.82) is 0 Å². The number of hydrogen-bond donors (Lipinski definition) is 0. The van der Waals surface area contributed by atoms with Gasteiger partial charge in [-0.2, -0.15) is 0 Å². The maximum absolute atomic E-state index is 13.0. The van der Waals surface area contributed by atoms with E-state index < -0.39 is 0 Å². The summed E-state index contributed by atoms with van der Waals surface area (Å²) >= 11 is 0. The highest BCUT2D eigenvalue weighted by molar-refractivity contribution is 5.94. The van der Waals surface area contributed by atoms with Crippen LogP contribution >= 0.6 is 0 Å². The minimum atomic E-state index is 0.0860. The molecule has 0 bridgehead atoms. The molecular formula is C28H26N2O. The first-order chi connectivity index (χ1) is 15.3. The first-order valence-corrected chi connectivity index (χ1v) is 10.7. The molecule has 3 aromatic carbocycles. The fraction of sp³-hybridized carbons (Fsp3) is 0.179. The summed E-state index contributed by atoms with van der Waals surface area (Å²) in [7, 11) is 0. The molecule has 0 aromatic heterocycles. The van der Waals surface area contributed by atoms with E-state index in [9.17, 15) is 4.79 Å². The molecule has 1 fully saturated rings. The standard InChI is InChI=1S/C28H26N2O/c31-28(27-15-7-13-26(23-27)17-16-25-11-5-2-6-12-25)30-21-19-29(20-22-30)18-8-14-24-9-3-1-4-10-24/h1-15,23H,18-22H2. The minimum Gasteiger partial charge on any atom is -0.336 e. The molecule has 0 aliphatic carbocycles. The van der Waals surface area contributed by atoms with Crippen LogP contribution in [-0.2, 0) is 0 Å². The molecule has 4 rings (SSSR count). The highest BCUT2D eigenvalue weighted by Gasteiger charge is 2.21. The summed E-state index contributed by atoms with van der Waals surface area (Å²) in [6, 6.07) is 27.8. The van der Waals surface area contributed by atoms with Crippen LogP contribution in [0, 0.1) is 11.8 Å². The third-order valence-electron chi connectivity index (χ3n) is 5.37. The second-order valence-electron chi connectivity index (χ2n) is 7.60. The van der Waals surface area contributed by atoms with Crippen LogP contribution in [0.4, 0.5) is 0 Å². The zero-order valence-corrected chi connectivity index (χ0v) is 17.6. The van der Waals surface area contributed by atoms with Crippen molar-refractivity contribution in [1.82, 2.24) is 9.80 Å². The molecule has 0 spiro atoms. The Bertz CT molecular complexity index is 1090. The summed E-state index contributed by atoms with van der Waals surface area (Å²) in [5.74, 6) is 6.41. The van der Waals surface area contributed by atoms with Gasteiger partial charge in [-0.25, -0.2) is 0 Å². The van der Waals surface area contributed by atoms with Crippen molar-refractivity contribution in [3.8, 4) is 11.8 Å². The van der Waals surface area contributed by atoms with E-state index in [0.29, 0.717) is 5.56 Å². The summed E-state index contributed by atoms with van der Waals surface area (Å²) < 4.78 is 0. The normalized spacial score (nSPS) is 14.3. The van der Waals surface area contributed by atoms with Gasteiger partial charge in [-0.15, -0.1) is 0 Å². The number of nitrogens with zero attached hydrogens (tertiary/aromatic N) is 2. The Hall–Kier alpha value is -3.61. The van der Waals surface area contributed by atoms with Crippen LogP contribution in [-0.4, -0.2) is 48.4 Å². The number of carbonyl (C=O) groups excluding carboxylic acids is 1. The third-order valence-corrected chi connectivity index (χ3v) is 5.37. The Morgan fingerprint density at radius 1 is 0.774 bits per heavy atom. The summed E-state index contributed by atoms with van der Waals surface area (Å²) in [6.07, 6.45) is 4.35.